The summed E-state index contributed by atoms with van der Waals surface area (Å²) >= 11 is 1.19. The van der Waals surface area contributed by atoms with Crippen LogP contribution in [-0.4, -0.2) is 64.2 Å². The van der Waals surface area contributed by atoms with Gasteiger partial charge in [0, 0.05) is 36.2 Å². The topological polar surface area (TPSA) is 125 Å². The highest BCUT2D eigenvalue weighted by Gasteiger charge is 2.35. The van der Waals surface area contributed by atoms with Crippen molar-refractivity contribution in [2.45, 2.75) is 78.3 Å². The standard InChI is InChI=1S/C33H44N4O5S/c1-21(2)19-27(28(39)36-32(33(4,5)6)35-22(3)38)34-20-24(43-31(42)23-13-8-7-9-14-23)15-12-18-37-29(40)25-16-10-11-17-26(25)30(37)41/h7-11,13-14,16-17,21,24,27,32,34H,12,15,18-20H2,1-6H3,(H,35,38)(H,36,39). The molecule has 0 bridgehead atoms. The molecule has 2 aromatic carbocycles. The van der Waals surface area contributed by atoms with Gasteiger partial charge < -0.3 is 16.0 Å². The molecule has 1 heterocycles. The summed E-state index contributed by atoms with van der Waals surface area (Å²) < 4.78 is 0. The molecule has 0 aliphatic carbocycles. The maximum Gasteiger partial charge on any atom is 0.261 e. The van der Waals surface area contributed by atoms with Crippen LogP contribution >= 0.6 is 11.8 Å². The molecule has 0 saturated heterocycles. The number of rotatable bonds is 14. The average Bonchev–Trinajstić information content (AvgIpc) is 3.19. The highest BCUT2D eigenvalue weighted by Crippen LogP contribution is 2.26. The molecule has 3 N–H and O–H groups in total. The van der Waals surface area contributed by atoms with Gasteiger partial charge in [-0.05, 0) is 37.3 Å². The van der Waals surface area contributed by atoms with Crippen LogP contribution in [0.5, 0.6) is 0 Å². The number of benzene rings is 2. The summed E-state index contributed by atoms with van der Waals surface area (Å²) in [6, 6.07) is 15.3. The minimum absolute atomic E-state index is 0.0866. The maximum absolute atomic E-state index is 13.5. The second-order valence-electron chi connectivity index (χ2n) is 12.4. The van der Waals surface area contributed by atoms with Crippen LogP contribution in [0.1, 0.15) is 91.9 Å². The van der Waals surface area contributed by atoms with E-state index in [9.17, 15) is 24.0 Å². The Morgan fingerprint density at radius 2 is 1.47 bits per heavy atom. The first kappa shape index (κ1) is 34.0. The Balaban J connectivity index is 1.71. The number of nitrogens with zero attached hydrogens (tertiary/aromatic N) is 1. The fourth-order valence-electron chi connectivity index (χ4n) is 4.86. The normalized spacial score (nSPS) is 15.2. The lowest BCUT2D eigenvalue weighted by Gasteiger charge is -2.33. The van der Waals surface area contributed by atoms with Gasteiger partial charge in [0.25, 0.3) is 11.8 Å². The summed E-state index contributed by atoms with van der Waals surface area (Å²) in [5.41, 5.74) is 0.996. The highest BCUT2D eigenvalue weighted by atomic mass is 32.2. The van der Waals surface area contributed by atoms with Crippen molar-refractivity contribution in [3.63, 3.8) is 0 Å². The van der Waals surface area contributed by atoms with Gasteiger partial charge in [0.15, 0.2) is 0 Å². The predicted octanol–water partition coefficient (Wildman–Crippen LogP) is 4.63. The van der Waals surface area contributed by atoms with Gasteiger partial charge in [-0.25, -0.2) is 0 Å². The van der Waals surface area contributed by atoms with E-state index in [1.54, 1.807) is 36.4 Å². The number of amides is 4. The summed E-state index contributed by atoms with van der Waals surface area (Å²) in [6.07, 6.45) is 1.04. The van der Waals surface area contributed by atoms with Crippen molar-refractivity contribution in [2.24, 2.45) is 11.3 Å². The van der Waals surface area contributed by atoms with Crippen LogP contribution in [0.4, 0.5) is 0 Å². The molecule has 0 saturated carbocycles. The first-order valence-corrected chi connectivity index (χ1v) is 15.7. The molecule has 3 unspecified atom stereocenters. The molecule has 10 heteroatoms. The molecule has 3 rings (SSSR count). The Bertz CT molecular complexity index is 1270. The molecule has 232 valence electrons. The van der Waals surface area contributed by atoms with Crippen LogP contribution in [-0.2, 0) is 9.59 Å². The van der Waals surface area contributed by atoms with Gasteiger partial charge in [0.2, 0.25) is 16.9 Å². The second kappa shape index (κ2) is 15.3. The van der Waals surface area contributed by atoms with Crippen LogP contribution in [0.25, 0.3) is 0 Å². The Morgan fingerprint density at radius 3 is 2.00 bits per heavy atom. The van der Waals surface area contributed by atoms with Crippen LogP contribution in [0, 0.1) is 11.3 Å². The number of thioether (sulfide) groups is 1. The van der Waals surface area contributed by atoms with E-state index in [1.165, 1.54) is 23.6 Å². The fraction of sp³-hybridized carbons (Fsp3) is 0.485. The molecular weight excluding hydrogens is 564 g/mol. The Labute approximate surface area is 258 Å². The number of carbonyl (C=O) groups is 5. The Kier molecular flexibility index (Phi) is 12.1. The summed E-state index contributed by atoms with van der Waals surface area (Å²) in [7, 11) is 0. The molecule has 2 aromatic rings. The SMILES string of the molecule is CC(=O)NC(NC(=O)C(CC(C)C)NCC(CCCN1C(=O)c2ccccc2C1=O)SC(=O)c1ccccc1)C(C)(C)C. The molecule has 3 atom stereocenters. The van der Waals surface area contributed by atoms with Crippen molar-refractivity contribution in [1.82, 2.24) is 20.9 Å². The molecule has 0 fully saturated rings. The van der Waals surface area contributed by atoms with Crippen molar-refractivity contribution in [3.8, 4) is 0 Å². The lowest BCUT2D eigenvalue weighted by molar-refractivity contribution is -0.127. The number of carbonyl (C=O) groups excluding carboxylic acids is 5. The number of hydrogen-bond donors (Lipinski definition) is 3. The Hall–Kier alpha value is -3.50. The second-order valence-corrected chi connectivity index (χ2v) is 13.7. The summed E-state index contributed by atoms with van der Waals surface area (Å²) in [5, 5.41) is 8.90. The average molecular weight is 609 g/mol. The van der Waals surface area contributed by atoms with Crippen molar-refractivity contribution >= 4 is 40.5 Å². The molecule has 0 radical (unpaired) electrons. The first-order chi connectivity index (χ1) is 20.3. The summed E-state index contributed by atoms with van der Waals surface area (Å²) in [6.45, 7) is 11.9. The monoisotopic (exact) mass is 608 g/mol. The van der Waals surface area contributed by atoms with Crippen LogP contribution < -0.4 is 16.0 Å². The number of fused-ring (bicyclic) bond motifs is 1. The summed E-state index contributed by atoms with van der Waals surface area (Å²) in [4.78, 5) is 65.3. The number of hydrogen-bond acceptors (Lipinski definition) is 7. The van der Waals surface area contributed by atoms with Gasteiger partial charge >= 0.3 is 0 Å². The van der Waals surface area contributed by atoms with Gasteiger partial charge in [-0.1, -0.05) is 88.8 Å². The third kappa shape index (κ3) is 9.76. The minimum atomic E-state index is -0.557. The van der Waals surface area contributed by atoms with Crippen LogP contribution in [0.15, 0.2) is 54.6 Å². The smallest absolute Gasteiger partial charge is 0.261 e. The van der Waals surface area contributed by atoms with E-state index >= 15 is 0 Å². The first-order valence-electron chi connectivity index (χ1n) is 14.8. The van der Waals surface area contributed by atoms with Gasteiger partial charge in [0.1, 0.15) is 6.17 Å². The lowest BCUT2D eigenvalue weighted by Crippen LogP contribution is -2.58. The lowest BCUT2D eigenvalue weighted by atomic mass is 9.91. The zero-order valence-corrected chi connectivity index (χ0v) is 26.8. The van der Waals surface area contributed by atoms with Crippen molar-refractivity contribution < 1.29 is 24.0 Å². The molecule has 0 spiro atoms. The fourth-order valence-corrected chi connectivity index (χ4v) is 5.90. The molecule has 4 amide bonds. The number of imide groups is 1. The quantitative estimate of drug-likeness (QED) is 0.211. The van der Waals surface area contributed by atoms with E-state index in [0.29, 0.717) is 42.5 Å². The Morgan fingerprint density at radius 1 is 0.884 bits per heavy atom. The van der Waals surface area contributed by atoms with Crippen LogP contribution in [0.3, 0.4) is 0 Å². The molecule has 1 aliphatic rings. The van der Waals surface area contributed by atoms with Gasteiger partial charge in [0.05, 0.1) is 17.2 Å². The van der Waals surface area contributed by atoms with Gasteiger partial charge in [-0.15, -0.1) is 0 Å². The van der Waals surface area contributed by atoms with Crippen molar-refractivity contribution in [2.75, 3.05) is 13.1 Å². The summed E-state index contributed by atoms with van der Waals surface area (Å²) in [5.74, 6) is -0.855. The molecular formula is C33H44N4O5S. The molecule has 1 aliphatic heterocycles. The zero-order valence-electron chi connectivity index (χ0n) is 25.9. The molecule has 9 nitrogen and oxygen atoms in total. The predicted molar refractivity (Wildman–Crippen MR) is 170 cm³/mol. The van der Waals surface area contributed by atoms with Crippen LogP contribution in [0.2, 0.25) is 0 Å². The third-order valence-electron chi connectivity index (χ3n) is 7.18. The third-order valence-corrected chi connectivity index (χ3v) is 8.37. The van der Waals surface area contributed by atoms with Gasteiger partial charge in [-0.2, -0.15) is 0 Å². The molecule has 0 aromatic heterocycles. The van der Waals surface area contributed by atoms with E-state index < -0.39 is 17.6 Å². The van der Waals surface area contributed by atoms with E-state index in [-0.39, 0.29) is 46.5 Å². The molecule has 43 heavy (non-hydrogen) atoms. The van der Waals surface area contributed by atoms with E-state index in [1.807, 2.05) is 52.8 Å². The highest BCUT2D eigenvalue weighted by molar-refractivity contribution is 8.14. The van der Waals surface area contributed by atoms with E-state index in [4.69, 9.17) is 0 Å². The van der Waals surface area contributed by atoms with Crippen molar-refractivity contribution in [1.29, 1.82) is 0 Å². The maximum atomic E-state index is 13.5. The van der Waals surface area contributed by atoms with E-state index in [0.717, 1.165) is 0 Å². The van der Waals surface area contributed by atoms with Crippen molar-refractivity contribution in [3.05, 3.63) is 71.3 Å². The minimum Gasteiger partial charge on any atom is -0.336 e. The van der Waals surface area contributed by atoms with E-state index in [2.05, 4.69) is 16.0 Å². The van der Waals surface area contributed by atoms with Gasteiger partial charge in [-0.3, -0.25) is 28.9 Å². The largest absolute Gasteiger partial charge is 0.336 e. The number of nitrogens with one attached hydrogen (secondary N) is 3. The zero-order chi connectivity index (χ0) is 31.7.